The van der Waals surface area contributed by atoms with Gasteiger partial charge < -0.3 is 25.6 Å². The number of hydrogen-bond acceptors (Lipinski definition) is 4. The first-order valence-corrected chi connectivity index (χ1v) is 9.34. The Morgan fingerprint density at radius 1 is 1.07 bits per heavy atom. The van der Waals surface area contributed by atoms with Gasteiger partial charge in [0.05, 0.1) is 0 Å². The van der Waals surface area contributed by atoms with Crippen molar-refractivity contribution in [3.63, 3.8) is 0 Å². The van der Waals surface area contributed by atoms with Gasteiger partial charge in [0.1, 0.15) is 5.60 Å². The summed E-state index contributed by atoms with van der Waals surface area (Å²) in [5.74, 6) is 0.743. The molecule has 0 aliphatic carbocycles. The summed E-state index contributed by atoms with van der Waals surface area (Å²) >= 11 is 0. The highest BCUT2D eigenvalue weighted by Crippen LogP contribution is 2.10. The van der Waals surface area contributed by atoms with Gasteiger partial charge in [-0.05, 0) is 52.4 Å². The summed E-state index contributed by atoms with van der Waals surface area (Å²) in [5.41, 5.74) is 2.07. The van der Waals surface area contributed by atoms with Crippen molar-refractivity contribution in [3.05, 3.63) is 35.4 Å². The van der Waals surface area contributed by atoms with Crippen LogP contribution in [0.5, 0.6) is 0 Å². The summed E-state index contributed by atoms with van der Waals surface area (Å²) < 4.78 is 5.20. The Morgan fingerprint density at radius 3 is 2.30 bits per heavy atom. The number of aliphatic imine (C=N–C) groups is 1. The SMILES string of the molecule is CN=C(NCCCNC(=O)OC(C)(C)C)NCc1ccccc1CN(C)C. The molecule has 0 aliphatic rings. The molecule has 1 rings (SSSR count). The summed E-state index contributed by atoms with van der Waals surface area (Å²) in [5, 5.41) is 9.35. The molecular formula is C20H35N5O2. The number of nitrogens with one attached hydrogen (secondary N) is 3. The minimum absolute atomic E-state index is 0.387. The molecule has 1 aromatic rings. The van der Waals surface area contributed by atoms with E-state index in [0.717, 1.165) is 18.9 Å². The van der Waals surface area contributed by atoms with Gasteiger partial charge >= 0.3 is 6.09 Å². The maximum atomic E-state index is 11.6. The second kappa shape index (κ2) is 11.4. The van der Waals surface area contributed by atoms with Gasteiger partial charge in [-0.3, -0.25) is 4.99 Å². The van der Waals surface area contributed by atoms with Crippen LogP contribution in [0, 0.1) is 0 Å². The van der Waals surface area contributed by atoms with Crippen LogP contribution in [0.15, 0.2) is 29.3 Å². The van der Waals surface area contributed by atoms with E-state index in [1.807, 2.05) is 20.8 Å². The highest BCUT2D eigenvalue weighted by molar-refractivity contribution is 5.79. The van der Waals surface area contributed by atoms with Crippen LogP contribution < -0.4 is 16.0 Å². The Hall–Kier alpha value is -2.28. The molecule has 0 bridgehead atoms. The molecule has 0 saturated carbocycles. The lowest BCUT2D eigenvalue weighted by atomic mass is 10.1. The third-order valence-electron chi connectivity index (χ3n) is 3.59. The summed E-state index contributed by atoms with van der Waals surface area (Å²) in [6.45, 7) is 8.40. The molecule has 1 aromatic carbocycles. The predicted molar refractivity (Wildman–Crippen MR) is 111 cm³/mol. The molecule has 0 heterocycles. The van der Waals surface area contributed by atoms with Crippen LogP contribution >= 0.6 is 0 Å². The smallest absolute Gasteiger partial charge is 0.407 e. The average Bonchev–Trinajstić information content (AvgIpc) is 2.56. The quantitative estimate of drug-likeness (QED) is 0.368. The van der Waals surface area contributed by atoms with Crippen LogP contribution in [0.25, 0.3) is 0 Å². The van der Waals surface area contributed by atoms with Crippen LogP contribution in [0.1, 0.15) is 38.3 Å². The van der Waals surface area contributed by atoms with E-state index < -0.39 is 5.60 Å². The zero-order chi connectivity index (χ0) is 20.3. The van der Waals surface area contributed by atoms with E-state index in [1.165, 1.54) is 11.1 Å². The van der Waals surface area contributed by atoms with E-state index in [1.54, 1.807) is 7.05 Å². The topological polar surface area (TPSA) is 78.0 Å². The zero-order valence-corrected chi connectivity index (χ0v) is 17.6. The number of nitrogens with zero attached hydrogens (tertiary/aromatic N) is 2. The lowest BCUT2D eigenvalue weighted by Crippen LogP contribution is -2.39. The van der Waals surface area contributed by atoms with Crippen LogP contribution in [0.3, 0.4) is 0 Å². The number of rotatable bonds is 8. The fourth-order valence-electron chi connectivity index (χ4n) is 2.42. The molecule has 27 heavy (non-hydrogen) atoms. The Bertz CT molecular complexity index is 609. The number of hydrogen-bond donors (Lipinski definition) is 3. The van der Waals surface area contributed by atoms with Crippen molar-refractivity contribution in [3.8, 4) is 0 Å². The summed E-state index contributed by atoms with van der Waals surface area (Å²) in [6, 6.07) is 8.39. The Labute approximate surface area is 163 Å². The van der Waals surface area contributed by atoms with Gasteiger partial charge in [0.25, 0.3) is 0 Å². The Kier molecular flexibility index (Phi) is 9.64. The normalized spacial score (nSPS) is 12.0. The van der Waals surface area contributed by atoms with E-state index in [0.29, 0.717) is 19.6 Å². The number of ether oxygens (including phenoxy) is 1. The van der Waals surface area contributed by atoms with E-state index >= 15 is 0 Å². The average molecular weight is 378 g/mol. The second-order valence-corrected chi connectivity index (χ2v) is 7.64. The third kappa shape index (κ3) is 10.5. The second-order valence-electron chi connectivity index (χ2n) is 7.64. The zero-order valence-electron chi connectivity index (χ0n) is 17.6. The lowest BCUT2D eigenvalue weighted by molar-refractivity contribution is 0.0527. The molecule has 0 saturated heterocycles. The Balaban J connectivity index is 2.33. The van der Waals surface area contributed by atoms with Gasteiger partial charge in [0, 0.05) is 33.2 Å². The molecule has 0 fully saturated rings. The lowest BCUT2D eigenvalue weighted by Gasteiger charge is -2.19. The Morgan fingerprint density at radius 2 is 1.70 bits per heavy atom. The van der Waals surface area contributed by atoms with Crippen LogP contribution in [-0.4, -0.2) is 56.8 Å². The van der Waals surface area contributed by atoms with Crippen LogP contribution in [0.4, 0.5) is 4.79 Å². The van der Waals surface area contributed by atoms with Crippen molar-refractivity contribution in [1.82, 2.24) is 20.9 Å². The third-order valence-corrected chi connectivity index (χ3v) is 3.59. The minimum atomic E-state index is -0.475. The number of benzene rings is 1. The first kappa shape index (κ1) is 22.8. The molecule has 0 spiro atoms. The fraction of sp³-hybridized carbons (Fsp3) is 0.600. The van der Waals surface area contributed by atoms with Gasteiger partial charge in [-0.2, -0.15) is 0 Å². The molecule has 0 radical (unpaired) electrons. The monoisotopic (exact) mass is 377 g/mol. The molecule has 152 valence electrons. The van der Waals surface area contributed by atoms with Crippen molar-refractivity contribution in [2.75, 3.05) is 34.2 Å². The van der Waals surface area contributed by atoms with Gasteiger partial charge in [-0.25, -0.2) is 4.79 Å². The highest BCUT2D eigenvalue weighted by Gasteiger charge is 2.15. The standard InChI is InChI=1S/C20H35N5O2/c1-20(2,3)27-19(26)23-13-9-12-22-18(21-4)24-14-16-10-7-8-11-17(16)15-25(5)6/h7-8,10-11H,9,12-15H2,1-6H3,(H,23,26)(H2,21,22,24). The van der Waals surface area contributed by atoms with Gasteiger partial charge in [0.2, 0.25) is 0 Å². The highest BCUT2D eigenvalue weighted by atomic mass is 16.6. The van der Waals surface area contributed by atoms with Crippen molar-refractivity contribution in [1.29, 1.82) is 0 Å². The van der Waals surface area contributed by atoms with E-state index in [2.05, 4.69) is 64.2 Å². The predicted octanol–water partition coefficient (Wildman–Crippen LogP) is 2.33. The first-order chi connectivity index (χ1) is 12.7. The van der Waals surface area contributed by atoms with E-state index in [9.17, 15) is 4.79 Å². The van der Waals surface area contributed by atoms with E-state index in [-0.39, 0.29) is 6.09 Å². The molecule has 0 atom stereocenters. The number of alkyl carbamates (subject to hydrolysis) is 1. The molecule has 7 nitrogen and oxygen atoms in total. The van der Waals surface area contributed by atoms with Gasteiger partial charge in [0.15, 0.2) is 5.96 Å². The molecule has 0 aliphatic heterocycles. The van der Waals surface area contributed by atoms with Crippen molar-refractivity contribution in [2.24, 2.45) is 4.99 Å². The number of amides is 1. The van der Waals surface area contributed by atoms with E-state index in [4.69, 9.17) is 4.74 Å². The molecule has 0 aromatic heterocycles. The van der Waals surface area contributed by atoms with Crippen LogP contribution in [-0.2, 0) is 17.8 Å². The largest absolute Gasteiger partial charge is 0.444 e. The minimum Gasteiger partial charge on any atom is -0.444 e. The molecule has 7 heteroatoms. The molecular weight excluding hydrogens is 342 g/mol. The summed E-state index contributed by atoms with van der Waals surface area (Å²) in [7, 11) is 5.88. The van der Waals surface area contributed by atoms with Crippen molar-refractivity contribution >= 4 is 12.1 Å². The van der Waals surface area contributed by atoms with Gasteiger partial charge in [-0.1, -0.05) is 24.3 Å². The number of carbonyl (C=O) groups is 1. The van der Waals surface area contributed by atoms with Crippen LogP contribution in [0.2, 0.25) is 0 Å². The summed E-state index contributed by atoms with van der Waals surface area (Å²) in [4.78, 5) is 18.0. The number of guanidine groups is 1. The maximum Gasteiger partial charge on any atom is 0.407 e. The van der Waals surface area contributed by atoms with Gasteiger partial charge in [-0.15, -0.1) is 0 Å². The molecule has 0 unspecified atom stereocenters. The maximum absolute atomic E-state index is 11.6. The van der Waals surface area contributed by atoms with Crippen molar-refractivity contribution in [2.45, 2.75) is 45.9 Å². The number of carbonyl (C=O) groups excluding carboxylic acids is 1. The summed E-state index contributed by atoms with van der Waals surface area (Å²) in [6.07, 6.45) is 0.388. The fourth-order valence-corrected chi connectivity index (χ4v) is 2.42. The molecule has 3 N–H and O–H groups in total. The molecule has 1 amide bonds. The first-order valence-electron chi connectivity index (χ1n) is 9.34. The van der Waals surface area contributed by atoms with Crippen molar-refractivity contribution < 1.29 is 9.53 Å².